The van der Waals surface area contributed by atoms with Crippen LogP contribution in [0.5, 0.6) is 0 Å². The summed E-state index contributed by atoms with van der Waals surface area (Å²) in [5.74, 6) is 3.57. The van der Waals surface area contributed by atoms with Gasteiger partial charge in [0, 0.05) is 25.6 Å². The number of nitrogens with zero attached hydrogens (tertiary/aromatic N) is 1. The van der Waals surface area contributed by atoms with E-state index >= 15 is 0 Å². The number of piperidine rings is 1. The van der Waals surface area contributed by atoms with Crippen molar-refractivity contribution in [2.24, 2.45) is 0 Å². The number of nitrogens with one attached hydrogen (secondary N) is 1. The molecule has 3 aliphatic rings. The molecule has 0 aromatic heterocycles. The van der Waals surface area contributed by atoms with E-state index in [9.17, 15) is 4.79 Å². The highest BCUT2D eigenvalue weighted by molar-refractivity contribution is 6.01. The van der Waals surface area contributed by atoms with Crippen LogP contribution in [-0.4, -0.2) is 29.3 Å². The summed E-state index contributed by atoms with van der Waals surface area (Å²) >= 11 is 0. The molecule has 1 aromatic carbocycles. The monoisotopic (exact) mass is 348 g/mol. The van der Waals surface area contributed by atoms with Gasteiger partial charge in [-0.2, -0.15) is 0 Å². The van der Waals surface area contributed by atoms with E-state index in [2.05, 4.69) is 47.0 Å². The Morgan fingerprint density at radius 2 is 2.12 bits per heavy atom. The van der Waals surface area contributed by atoms with E-state index in [1.807, 2.05) is 0 Å². The predicted octanol–water partition coefficient (Wildman–Crippen LogP) is 2.86. The van der Waals surface area contributed by atoms with Crippen molar-refractivity contribution in [1.82, 2.24) is 10.2 Å². The van der Waals surface area contributed by atoms with Crippen molar-refractivity contribution in [2.75, 3.05) is 13.1 Å². The van der Waals surface area contributed by atoms with Crippen LogP contribution in [0.1, 0.15) is 36.8 Å². The maximum Gasteiger partial charge on any atom is 0.185 e. The van der Waals surface area contributed by atoms with Crippen molar-refractivity contribution >= 4 is 5.78 Å². The number of carbonyl (C=O) groups excluding carboxylic acids is 1. The molecule has 1 saturated heterocycles. The Kier molecular flexibility index (Phi) is 4.13. The van der Waals surface area contributed by atoms with Gasteiger partial charge >= 0.3 is 0 Å². The van der Waals surface area contributed by atoms with Gasteiger partial charge in [0.25, 0.3) is 0 Å². The average Bonchev–Trinajstić information content (AvgIpc) is 3.16. The molecular weight excluding hydrogens is 324 g/mol. The normalized spacial score (nSPS) is 26.2. The van der Waals surface area contributed by atoms with E-state index in [1.165, 1.54) is 11.1 Å². The molecule has 1 N–H and O–H groups in total. The SMILES string of the molecule is C#CCC1(CC=C)NC(N2CCC3(CC2)OCc2ccccc23)=CC1=O. The lowest BCUT2D eigenvalue weighted by Gasteiger charge is -2.41. The van der Waals surface area contributed by atoms with Crippen LogP contribution in [0.15, 0.2) is 48.8 Å². The van der Waals surface area contributed by atoms with E-state index < -0.39 is 5.54 Å². The summed E-state index contributed by atoms with van der Waals surface area (Å²) < 4.78 is 6.23. The Balaban J connectivity index is 1.48. The van der Waals surface area contributed by atoms with Crippen LogP contribution in [0.4, 0.5) is 0 Å². The van der Waals surface area contributed by atoms with Crippen LogP contribution < -0.4 is 5.32 Å². The fraction of sp³-hybridized carbons (Fsp3) is 0.409. The molecule has 0 bridgehead atoms. The Hall–Kier alpha value is -2.51. The molecule has 1 fully saturated rings. The number of fused-ring (bicyclic) bond motifs is 2. The fourth-order valence-corrected chi connectivity index (χ4v) is 4.46. The van der Waals surface area contributed by atoms with Crippen molar-refractivity contribution in [2.45, 2.75) is 43.4 Å². The average molecular weight is 348 g/mol. The molecule has 4 nitrogen and oxygen atoms in total. The van der Waals surface area contributed by atoms with Crippen LogP contribution in [0, 0.1) is 12.3 Å². The van der Waals surface area contributed by atoms with Crippen LogP contribution in [-0.2, 0) is 21.7 Å². The molecule has 4 heteroatoms. The van der Waals surface area contributed by atoms with E-state index in [1.54, 1.807) is 12.2 Å². The van der Waals surface area contributed by atoms with Gasteiger partial charge in [0.2, 0.25) is 0 Å². The number of benzene rings is 1. The lowest BCUT2D eigenvalue weighted by Crippen LogP contribution is -2.50. The molecule has 3 aliphatic heterocycles. The molecule has 1 unspecified atom stereocenters. The third kappa shape index (κ3) is 2.55. The van der Waals surface area contributed by atoms with Gasteiger partial charge in [0.1, 0.15) is 11.4 Å². The van der Waals surface area contributed by atoms with Gasteiger partial charge < -0.3 is 15.0 Å². The van der Waals surface area contributed by atoms with E-state index in [0.717, 1.165) is 31.8 Å². The van der Waals surface area contributed by atoms with Crippen molar-refractivity contribution in [3.63, 3.8) is 0 Å². The summed E-state index contributed by atoms with van der Waals surface area (Å²) in [5.41, 5.74) is 1.73. The lowest BCUT2D eigenvalue weighted by atomic mass is 9.84. The highest BCUT2D eigenvalue weighted by Crippen LogP contribution is 2.44. The number of likely N-dealkylation sites (tertiary alicyclic amines) is 1. The minimum atomic E-state index is -0.725. The molecule has 1 aromatic rings. The van der Waals surface area contributed by atoms with E-state index in [0.29, 0.717) is 19.4 Å². The molecule has 0 aliphatic carbocycles. The maximum absolute atomic E-state index is 12.6. The standard InChI is InChI=1S/C22H24N2O2/c1-3-9-21(10-4-2)19(25)15-20(23-21)24-13-11-22(12-14-24)18-8-6-5-7-17(18)16-26-22/h1,4-8,15,23H,2,9-14,16H2. The Bertz CT molecular complexity index is 812. The minimum absolute atomic E-state index is 0.0492. The highest BCUT2D eigenvalue weighted by Gasteiger charge is 2.46. The zero-order valence-corrected chi connectivity index (χ0v) is 15.0. The zero-order valence-electron chi connectivity index (χ0n) is 15.0. The summed E-state index contributed by atoms with van der Waals surface area (Å²) in [7, 11) is 0. The number of hydrogen-bond acceptors (Lipinski definition) is 4. The molecule has 26 heavy (non-hydrogen) atoms. The molecule has 134 valence electrons. The molecule has 4 rings (SSSR count). The predicted molar refractivity (Wildman–Crippen MR) is 101 cm³/mol. The first-order chi connectivity index (χ1) is 12.6. The van der Waals surface area contributed by atoms with Gasteiger partial charge in [0.05, 0.1) is 12.2 Å². The molecule has 1 spiro atoms. The first kappa shape index (κ1) is 16.9. The zero-order chi connectivity index (χ0) is 18.2. The minimum Gasteiger partial charge on any atom is -0.365 e. The van der Waals surface area contributed by atoms with Gasteiger partial charge in [-0.25, -0.2) is 0 Å². The fourth-order valence-electron chi connectivity index (χ4n) is 4.46. The Morgan fingerprint density at radius 3 is 2.85 bits per heavy atom. The van der Waals surface area contributed by atoms with Gasteiger partial charge in [-0.15, -0.1) is 18.9 Å². The smallest absolute Gasteiger partial charge is 0.185 e. The van der Waals surface area contributed by atoms with Gasteiger partial charge in [-0.05, 0) is 30.4 Å². The molecule has 0 saturated carbocycles. The first-order valence-electron chi connectivity index (χ1n) is 9.18. The van der Waals surface area contributed by atoms with E-state index in [-0.39, 0.29) is 11.4 Å². The number of ether oxygens (including phenoxy) is 1. The molecule has 0 radical (unpaired) electrons. The van der Waals surface area contributed by atoms with Crippen molar-refractivity contribution in [3.05, 3.63) is 59.9 Å². The number of terminal acetylenes is 1. The second-order valence-corrected chi connectivity index (χ2v) is 7.40. The summed E-state index contributed by atoms with van der Waals surface area (Å²) in [6, 6.07) is 8.50. The topological polar surface area (TPSA) is 41.6 Å². The van der Waals surface area contributed by atoms with Gasteiger partial charge in [-0.3, -0.25) is 4.79 Å². The first-order valence-corrected chi connectivity index (χ1v) is 9.18. The van der Waals surface area contributed by atoms with E-state index in [4.69, 9.17) is 11.2 Å². The third-order valence-electron chi connectivity index (χ3n) is 5.93. The molecular formula is C22H24N2O2. The second-order valence-electron chi connectivity index (χ2n) is 7.40. The van der Waals surface area contributed by atoms with Crippen LogP contribution >= 0.6 is 0 Å². The van der Waals surface area contributed by atoms with Crippen LogP contribution in [0.25, 0.3) is 0 Å². The Morgan fingerprint density at radius 1 is 1.35 bits per heavy atom. The molecule has 1 atom stereocenters. The second kappa shape index (κ2) is 6.34. The van der Waals surface area contributed by atoms with Gasteiger partial charge in [-0.1, -0.05) is 30.3 Å². The third-order valence-corrected chi connectivity index (χ3v) is 5.93. The number of ketones is 1. The number of carbonyl (C=O) groups is 1. The number of rotatable bonds is 4. The summed E-state index contributed by atoms with van der Waals surface area (Å²) in [6.45, 7) is 6.17. The van der Waals surface area contributed by atoms with Crippen molar-refractivity contribution in [3.8, 4) is 12.3 Å². The summed E-state index contributed by atoms with van der Waals surface area (Å²) in [5, 5.41) is 3.41. The quantitative estimate of drug-likeness (QED) is 0.671. The number of hydrogen-bond donors (Lipinski definition) is 1. The summed E-state index contributed by atoms with van der Waals surface area (Å²) in [4.78, 5) is 14.9. The van der Waals surface area contributed by atoms with Crippen molar-refractivity contribution in [1.29, 1.82) is 0 Å². The molecule has 3 heterocycles. The van der Waals surface area contributed by atoms with Crippen molar-refractivity contribution < 1.29 is 9.53 Å². The largest absolute Gasteiger partial charge is 0.365 e. The van der Waals surface area contributed by atoms with Crippen LogP contribution in [0.2, 0.25) is 0 Å². The van der Waals surface area contributed by atoms with Gasteiger partial charge in [0.15, 0.2) is 5.78 Å². The maximum atomic E-state index is 12.6. The molecule has 0 amide bonds. The highest BCUT2D eigenvalue weighted by atomic mass is 16.5. The van der Waals surface area contributed by atoms with Crippen LogP contribution in [0.3, 0.4) is 0 Å². The lowest BCUT2D eigenvalue weighted by molar-refractivity contribution is -0.119. The Labute approximate surface area is 154 Å². The summed E-state index contributed by atoms with van der Waals surface area (Å²) in [6.07, 6.45) is 11.7.